The van der Waals surface area contributed by atoms with Gasteiger partial charge in [0.2, 0.25) is 0 Å². The summed E-state index contributed by atoms with van der Waals surface area (Å²) in [6.45, 7) is -1.55. The van der Waals surface area contributed by atoms with Crippen LogP contribution in [0, 0.1) is 5.82 Å². The molecule has 0 saturated heterocycles. The van der Waals surface area contributed by atoms with Crippen LogP contribution in [0.25, 0.3) is 0 Å². The number of carboxylic acid groups (broad SMARTS) is 1. The second-order valence-electron chi connectivity index (χ2n) is 3.87. The molecule has 0 aliphatic carbocycles. The number of carboxylic acids is 1. The number of nitrogens with one attached hydrogen (secondary N) is 1. The molecule has 0 unspecified atom stereocenters. The molecular weight excluding hydrogens is 284 g/mol. The van der Waals surface area contributed by atoms with Crippen molar-refractivity contribution in [3.05, 3.63) is 29.6 Å². The number of benzene rings is 1. The Morgan fingerprint density at radius 1 is 1.35 bits per heavy atom. The molecule has 20 heavy (non-hydrogen) atoms. The third-order valence-electron chi connectivity index (χ3n) is 2.24. The van der Waals surface area contributed by atoms with Crippen LogP contribution in [0.1, 0.15) is 10.4 Å². The van der Waals surface area contributed by atoms with Gasteiger partial charge in [0.1, 0.15) is 12.4 Å². The fraction of sp³-hybridized carbons (Fsp3) is 0.273. The number of para-hydroxylation sites is 1. The number of amides is 2. The van der Waals surface area contributed by atoms with Gasteiger partial charge in [-0.15, -0.1) is 0 Å². The SMILES string of the molecule is CN(CC(F)(F)F)C(=O)Nc1c(F)cccc1C(=O)O. The predicted molar refractivity (Wildman–Crippen MR) is 61.1 cm³/mol. The topological polar surface area (TPSA) is 69.6 Å². The first-order valence-corrected chi connectivity index (χ1v) is 5.22. The van der Waals surface area contributed by atoms with Gasteiger partial charge in [-0.05, 0) is 12.1 Å². The van der Waals surface area contributed by atoms with E-state index in [0.717, 1.165) is 25.2 Å². The highest BCUT2D eigenvalue weighted by molar-refractivity contribution is 6.00. The smallest absolute Gasteiger partial charge is 0.406 e. The maximum Gasteiger partial charge on any atom is 0.406 e. The number of hydrogen-bond acceptors (Lipinski definition) is 2. The molecule has 0 aromatic heterocycles. The zero-order valence-corrected chi connectivity index (χ0v) is 10.2. The lowest BCUT2D eigenvalue weighted by atomic mass is 10.1. The second-order valence-corrected chi connectivity index (χ2v) is 3.87. The molecule has 0 radical (unpaired) electrons. The summed E-state index contributed by atoms with van der Waals surface area (Å²) in [7, 11) is 0.851. The van der Waals surface area contributed by atoms with Crippen LogP contribution < -0.4 is 5.32 Å². The Labute approximate surface area is 110 Å². The third kappa shape index (κ3) is 4.11. The maximum absolute atomic E-state index is 13.5. The first-order valence-electron chi connectivity index (χ1n) is 5.22. The van der Waals surface area contributed by atoms with Gasteiger partial charge < -0.3 is 15.3 Å². The predicted octanol–water partition coefficient (Wildman–Crippen LogP) is 2.55. The monoisotopic (exact) mass is 294 g/mol. The van der Waals surface area contributed by atoms with Gasteiger partial charge in [-0.3, -0.25) is 0 Å². The molecular formula is C11H10F4N2O3. The molecule has 0 bridgehead atoms. The van der Waals surface area contributed by atoms with Crippen molar-refractivity contribution in [3.8, 4) is 0 Å². The summed E-state index contributed by atoms with van der Waals surface area (Å²) in [5.41, 5.74) is -1.24. The van der Waals surface area contributed by atoms with Crippen molar-refractivity contribution < 1.29 is 32.3 Å². The van der Waals surface area contributed by atoms with Gasteiger partial charge in [0, 0.05) is 7.05 Å². The highest BCUT2D eigenvalue weighted by Gasteiger charge is 2.31. The summed E-state index contributed by atoms with van der Waals surface area (Å²) in [6, 6.07) is 1.74. The summed E-state index contributed by atoms with van der Waals surface area (Å²) in [5.74, 6) is -2.57. The van der Waals surface area contributed by atoms with Gasteiger partial charge in [0.15, 0.2) is 0 Å². The van der Waals surface area contributed by atoms with Crippen LogP contribution in [0.4, 0.5) is 28.0 Å². The number of aromatic carboxylic acids is 1. The Kier molecular flexibility index (Phi) is 4.53. The molecule has 0 saturated carbocycles. The van der Waals surface area contributed by atoms with E-state index in [9.17, 15) is 27.2 Å². The zero-order chi connectivity index (χ0) is 15.5. The van der Waals surface area contributed by atoms with Gasteiger partial charge >= 0.3 is 18.2 Å². The molecule has 1 rings (SSSR count). The molecule has 0 heterocycles. The van der Waals surface area contributed by atoms with Crippen LogP contribution in [0.5, 0.6) is 0 Å². The zero-order valence-electron chi connectivity index (χ0n) is 10.2. The summed E-state index contributed by atoms with van der Waals surface area (Å²) < 4.78 is 49.8. The molecule has 0 aliphatic heterocycles. The summed E-state index contributed by atoms with van der Waals surface area (Å²) in [6.07, 6.45) is -4.61. The fourth-order valence-electron chi connectivity index (χ4n) is 1.37. The first kappa shape index (κ1) is 15.7. The maximum atomic E-state index is 13.5. The first-order chi connectivity index (χ1) is 9.11. The minimum atomic E-state index is -4.61. The van der Waals surface area contributed by atoms with E-state index in [1.807, 2.05) is 5.32 Å². The van der Waals surface area contributed by atoms with Gasteiger partial charge in [0.05, 0.1) is 11.3 Å². The molecule has 1 aromatic carbocycles. The molecule has 0 spiro atoms. The van der Waals surface area contributed by atoms with Gasteiger partial charge in [0.25, 0.3) is 0 Å². The van der Waals surface area contributed by atoms with Crippen LogP contribution in [-0.4, -0.2) is 41.8 Å². The fourth-order valence-corrected chi connectivity index (χ4v) is 1.37. The van der Waals surface area contributed by atoms with Crippen molar-refractivity contribution in [3.63, 3.8) is 0 Å². The van der Waals surface area contributed by atoms with Crippen molar-refractivity contribution in [2.45, 2.75) is 6.18 Å². The van der Waals surface area contributed by atoms with Crippen LogP contribution in [0.15, 0.2) is 18.2 Å². The van der Waals surface area contributed by atoms with E-state index in [1.165, 1.54) is 0 Å². The Morgan fingerprint density at radius 2 is 1.95 bits per heavy atom. The molecule has 0 atom stereocenters. The highest BCUT2D eigenvalue weighted by Crippen LogP contribution is 2.21. The quantitative estimate of drug-likeness (QED) is 0.842. The Balaban J connectivity index is 2.94. The third-order valence-corrected chi connectivity index (χ3v) is 2.24. The Morgan fingerprint density at radius 3 is 2.45 bits per heavy atom. The van der Waals surface area contributed by atoms with Crippen molar-refractivity contribution in [1.29, 1.82) is 0 Å². The van der Waals surface area contributed by atoms with E-state index in [0.29, 0.717) is 0 Å². The minimum Gasteiger partial charge on any atom is -0.478 e. The Hall–Kier alpha value is -2.32. The van der Waals surface area contributed by atoms with E-state index in [4.69, 9.17) is 5.11 Å². The lowest BCUT2D eigenvalue weighted by Gasteiger charge is -2.20. The van der Waals surface area contributed by atoms with Crippen molar-refractivity contribution >= 4 is 17.7 Å². The number of alkyl halides is 3. The van der Waals surface area contributed by atoms with E-state index < -0.39 is 41.8 Å². The molecule has 1 aromatic rings. The van der Waals surface area contributed by atoms with E-state index in [-0.39, 0.29) is 4.90 Å². The number of nitrogens with zero attached hydrogens (tertiary/aromatic N) is 1. The van der Waals surface area contributed by atoms with E-state index in [2.05, 4.69) is 0 Å². The summed E-state index contributed by atoms with van der Waals surface area (Å²) in [4.78, 5) is 22.6. The second kappa shape index (κ2) is 5.76. The van der Waals surface area contributed by atoms with E-state index >= 15 is 0 Å². The summed E-state index contributed by atoms with van der Waals surface area (Å²) in [5, 5.41) is 10.6. The van der Waals surface area contributed by atoms with Crippen molar-refractivity contribution in [1.82, 2.24) is 4.90 Å². The minimum absolute atomic E-state index is 0.262. The number of hydrogen-bond donors (Lipinski definition) is 2. The van der Waals surface area contributed by atoms with Crippen LogP contribution in [0.3, 0.4) is 0 Å². The van der Waals surface area contributed by atoms with Gasteiger partial charge in [-0.2, -0.15) is 13.2 Å². The molecule has 0 fully saturated rings. The number of halogens is 4. The average molecular weight is 294 g/mol. The normalized spacial score (nSPS) is 11.1. The van der Waals surface area contributed by atoms with E-state index in [1.54, 1.807) is 0 Å². The van der Waals surface area contributed by atoms with Gasteiger partial charge in [-0.1, -0.05) is 6.07 Å². The molecule has 2 N–H and O–H groups in total. The Bertz CT molecular complexity index is 531. The number of anilines is 1. The average Bonchev–Trinajstić information content (AvgIpc) is 2.28. The highest BCUT2D eigenvalue weighted by atomic mass is 19.4. The van der Waals surface area contributed by atoms with Gasteiger partial charge in [-0.25, -0.2) is 14.0 Å². The standard InChI is InChI=1S/C11H10F4N2O3/c1-17(5-11(13,14)15)10(20)16-8-6(9(18)19)3-2-4-7(8)12/h2-4H,5H2,1H3,(H,16,20)(H,18,19). The molecule has 0 aliphatic rings. The number of urea groups is 1. The van der Waals surface area contributed by atoms with Crippen molar-refractivity contribution in [2.75, 3.05) is 18.9 Å². The molecule has 5 nitrogen and oxygen atoms in total. The van der Waals surface area contributed by atoms with Crippen LogP contribution >= 0.6 is 0 Å². The number of rotatable bonds is 3. The van der Waals surface area contributed by atoms with Crippen molar-refractivity contribution in [2.24, 2.45) is 0 Å². The largest absolute Gasteiger partial charge is 0.478 e. The number of carbonyl (C=O) groups excluding carboxylic acids is 1. The molecule has 9 heteroatoms. The molecule has 2 amide bonds. The van der Waals surface area contributed by atoms with Crippen LogP contribution in [0.2, 0.25) is 0 Å². The van der Waals surface area contributed by atoms with Crippen LogP contribution in [-0.2, 0) is 0 Å². The lowest BCUT2D eigenvalue weighted by Crippen LogP contribution is -2.39. The number of carbonyl (C=O) groups is 2. The summed E-state index contributed by atoms with van der Waals surface area (Å²) >= 11 is 0. The molecule has 110 valence electrons. The lowest BCUT2D eigenvalue weighted by molar-refractivity contribution is -0.137.